The van der Waals surface area contributed by atoms with Crippen LogP contribution in [0.3, 0.4) is 0 Å². The second-order valence-corrected chi connectivity index (χ2v) is 7.76. The number of halogens is 1. The maximum absolute atomic E-state index is 12.3. The highest BCUT2D eigenvalue weighted by atomic mass is 79.9. The van der Waals surface area contributed by atoms with Gasteiger partial charge < -0.3 is 4.98 Å². The van der Waals surface area contributed by atoms with Crippen LogP contribution in [0, 0.1) is 31.6 Å². The molecular formula is C18H10BrN5O5S. The van der Waals surface area contributed by atoms with E-state index in [2.05, 4.69) is 25.9 Å². The van der Waals surface area contributed by atoms with Crippen molar-refractivity contribution in [2.45, 2.75) is 10.9 Å². The van der Waals surface area contributed by atoms with Crippen LogP contribution >= 0.6 is 27.7 Å². The number of aromatic nitrogens is 2. The topological polar surface area (TPSA) is 156 Å². The molecule has 0 amide bonds. The van der Waals surface area contributed by atoms with Crippen molar-refractivity contribution in [3.05, 3.63) is 88.6 Å². The van der Waals surface area contributed by atoms with Crippen molar-refractivity contribution < 1.29 is 9.85 Å². The summed E-state index contributed by atoms with van der Waals surface area (Å²) in [7, 11) is 0. The number of nitrogens with zero attached hydrogens (tertiary/aromatic N) is 4. The molecule has 0 aliphatic carbocycles. The van der Waals surface area contributed by atoms with E-state index in [1.165, 1.54) is 12.1 Å². The maximum atomic E-state index is 12.3. The highest BCUT2D eigenvalue weighted by Gasteiger charge is 2.18. The van der Waals surface area contributed by atoms with Crippen LogP contribution in [0.4, 0.5) is 11.4 Å². The molecule has 150 valence electrons. The lowest BCUT2D eigenvalue weighted by Crippen LogP contribution is -2.14. The van der Waals surface area contributed by atoms with E-state index in [9.17, 15) is 30.3 Å². The summed E-state index contributed by atoms with van der Waals surface area (Å²) in [6.07, 6.45) is 0. The fraction of sp³-hybridized carbons (Fsp3) is 0.0556. The van der Waals surface area contributed by atoms with E-state index in [1.54, 1.807) is 24.3 Å². The third kappa shape index (κ3) is 4.70. The minimum absolute atomic E-state index is 0.0787. The molecule has 3 aromatic rings. The summed E-state index contributed by atoms with van der Waals surface area (Å²) in [6.45, 7) is 0. The lowest BCUT2D eigenvalue weighted by molar-refractivity contribution is -0.394. The molecular weight excluding hydrogens is 478 g/mol. The highest BCUT2D eigenvalue weighted by molar-refractivity contribution is 9.10. The molecule has 0 bridgehead atoms. The van der Waals surface area contributed by atoms with Crippen LogP contribution in [-0.4, -0.2) is 19.8 Å². The zero-order chi connectivity index (χ0) is 21.8. The lowest BCUT2D eigenvalue weighted by Gasteiger charge is -2.07. The fourth-order valence-electron chi connectivity index (χ4n) is 2.57. The molecule has 30 heavy (non-hydrogen) atoms. The standard InChI is InChI=1S/C18H10BrN5O5S/c19-12-3-1-2-11(6-12)16-15(8-20)17(25)22-18(21-16)30-9-10-4-13(23(26)27)7-14(5-10)24(28)29/h1-7H,9H2,(H,21,22,25). The zero-order valence-corrected chi connectivity index (χ0v) is 17.3. The van der Waals surface area contributed by atoms with Crippen LogP contribution in [0.1, 0.15) is 11.1 Å². The van der Waals surface area contributed by atoms with Gasteiger partial charge in [-0.25, -0.2) is 4.98 Å². The number of non-ortho nitro benzene ring substituents is 2. The number of H-pyrrole nitrogens is 1. The van der Waals surface area contributed by atoms with Crippen molar-refractivity contribution in [1.82, 2.24) is 9.97 Å². The Bertz CT molecular complexity index is 1240. The van der Waals surface area contributed by atoms with E-state index in [0.717, 1.165) is 22.3 Å². The van der Waals surface area contributed by atoms with E-state index in [4.69, 9.17) is 0 Å². The minimum atomic E-state index is -0.714. The number of nitrogens with one attached hydrogen (secondary N) is 1. The molecule has 1 heterocycles. The summed E-state index contributed by atoms with van der Waals surface area (Å²) in [5.74, 6) is 0.0787. The molecule has 0 atom stereocenters. The first-order chi connectivity index (χ1) is 14.3. The minimum Gasteiger partial charge on any atom is -0.300 e. The second kappa shape index (κ2) is 8.85. The van der Waals surface area contributed by atoms with Crippen LogP contribution in [0.2, 0.25) is 0 Å². The quantitative estimate of drug-likeness (QED) is 0.234. The second-order valence-electron chi connectivity index (χ2n) is 5.88. The number of thioether (sulfide) groups is 1. The molecule has 0 aliphatic rings. The molecule has 10 nitrogen and oxygen atoms in total. The van der Waals surface area contributed by atoms with Crippen LogP contribution in [0.15, 0.2) is 56.9 Å². The van der Waals surface area contributed by atoms with Gasteiger partial charge in [-0.05, 0) is 17.7 Å². The Labute approximate surface area is 181 Å². The SMILES string of the molecule is N#Cc1c(-c2cccc(Br)c2)nc(SCc2cc([N+](=O)[O-])cc([N+](=O)[O-])c2)[nH]c1=O. The number of aromatic amines is 1. The third-order valence-electron chi connectivity index (χ3n) is 3.87. The van der Waals surface area contributed by atoms with Crippen LogP contribution < -0.4 is 5.56 Å². The fourth-order valence-corrected chi connectivity index (χ4v) is 3.76. The van der Waals surface area contributed by atoms with E-state index < -0.39 is 26.8 Å². The van der Waals surface area contributed by atoms with Crippen molar-refractivity contribution >= 4 is 39.1 Å². The van der Waals surface area contributed by atoms with E-state index in [1.807, 2.05) is 6.07 Å². The Kier molecular flexibility index (Phi) is 6.24. The smallest absolute Gasteiger partial charge is 0.276 e. The maximum Gasteiger partial charge on any atom is 0.276 e. The first-order valence-corrected chi connectivity index (χ1v) is 9.92. The number of nitro benzene ring substituents is 2. The number of hydrogen-bond donors (Lipinski definition) is 1. The van der Waals surface area contributed by atoms with Gasteiger partial charge in [-0.1, -0.05) is 39.8 Å². The number of nitriles is 1. The van der Waals surface area contributed by atoms with E-state index >= 15 is 0 Å². The first kappa shape index (κ1) is 21.2. The number of hydrogen-bond acceptors (Lipinski definition) is 8. The summed E-state index contributed by atoms with van der Waals surface area (Å²) in [6, 6.07) is 12.1. The molecule has 3 rings (SSSR count). The molecule has 0 saturated carbocycles. The molecule has 0 aliphatic heterocycles. The van der Waals surface area contributed by atoms with Crippen molar-refractivity contribution in [2.75, 3.05) is 0 Å². The van der Waals surface area contributed by atoms with Gasteiger partial charge in [0.1, 0.15) is 11.6 Å². The molecule has 2 aromatic carbocycles. The van der Waals surface area contributed by atoms with Crippen molar-refractivity contribution in [1.29, 1.82) is 5.26 Å². The summed E-state index contributed by atoms with van der Waals surface area (Å²) >= 11 is 4.36. The van der Waals surface area contributed by atoms with Crippen LogP contribution in [0.5, 0.6) is 0 Å². The predicted octanol–water partition coefficient (Wildman–Crippen LogP) is 4.18. The van der Waals surface area contributed by atoms with Gasteiger partial charge >= 0.3 is 0 Å². The van der Waals surface area contributed by atoms with Gasteiger partial charge in [-0.15, -0.1) is 0 Å². The van der Waals surface area contributed by atoms with E-state index in [0.29, 0.717) is 11.1 Å². The normalized spacial score (nSPS) is 10.4. The molecule has 1 aromatic heterocycles. The van der Waals surface area contributed by atoms with E-state index in [-0.39, 0.29) is 22.2 Å². The van der Waals surface area contributed by atoms with Crippen molar-refractivity contribution in [2.24, 2.45) is 0 Å². The zero-order valence-electron chi connectivity index (χ0n) is 14.9. The van der Waals surface area contributed by atoms with Gasteiger partial charge in [-0.3, -0.25) is 25.0 Å². The van der Waals surface area contributed by atoms with Gasteiger partial charge in [0.15, 0.2) is 5.16 Å². The van der Waals surface area contributed by atoms with Crippen molar-refractivity contribution in [3.63, 3.8) is 0 Å². The average molecular weight is 488 g/mol. The summed E-state index contributed by atoms with van der Waals surface area (Å²) < 4.78 is 0.740. The Morgan fingerprint density at radius 2 is 1.80 bits per heavy atom. The molecule has 12 heteroatoms. The number of rotatable bonds is 6. The monoisotopic (exact) mass is 487 g/mol. The Balaban J connectivity index is 1.97. The van der Waals surface area contributed by atoms with Gasteiger partial charge in [0.05, 0.1) is 21.6 Å². The molecule has 0 radical (unpaired) electrons. The number of benzene rings is 2. The van der Waals surface area contributed by atoms with Crippen LogP contribution in [0.25, 0.3) is 11.3 Å². The van der Waals surface area contributed by atoms with Gasteiger partial charge in [0.25, 0.3) is 16.9 Å². The molecule has 0 fully saturated rings. The van der Waals surface area contributed by atoms with Crippen molar-refractivity contribution in [3.8, 4) is 17.3 Å². The lowest BCUT2D eigenvalue weighted by atomic mass is 10.1. The average Bonchev–Trinajstić information content (AvgIpc) is 2.71. The molecule has 0 saturated heterocycles. The van der Waals surface area contributed by atoms with Gasteiger partial charge in [0.2, 0.25) is 0 Å². The molecule has 0 unspecified atom stereocenters. The Hall–Kier alpha value is -3.56. The summed E-state index contributed by atoms with van der Waals surface area (Å²) in [4.78, 5) is 39.8. The number of nitro groups is 2. The largest absolute Gasteiger partial charge is 0.300 e. The summed E-state index contributed by atoms with van der Waals surface area (Å²) in [5.41, 5.74) is -0.530. The molecule has 0 spiro atoms. The molecule has 1 N–H and O–H groups in total. The van der Waals surface area contributed by atoms with Gasteiger partial charge in [-0.2, -0.15) is 5.26 Å². The predicted molar refractivity (Wildman–Crippen MR) is 112 cm³/mol. The third-order valence-corrected chi connectivity index (χ3v) is 5.30. The highest BCUT2D eigenvalue weighted by Crippen LogP contribution is 2.29. The van der Waals surface area contributed by atoms with Gasteiger partial charge in [0, 0.05) is 27.9 Å². The summed E-state index contributed by atoms with van der Waals surface area (Å²) in [5, 5.41) is 31.6. The Morgan fingerprint density at radius 3 is 2.37 bits per heavy atom. The Morgan fingerprint density at radius 1 is 1.13 bits per heavy atom. The van der Waals surface area contributed by atoms with Crippen LogP contribution in [-0.2, 0) is 5.75 Å². The first-order valence-electron chi connectivity index (χ1n) is 8.14.